The first-order valence-electron chi connectivity index (χ1n) is 7.44. The monoisotopic (exact) mass is 263 g/mol. The van der Waals surface area contributed by atoms with Crippen molar-refractivity contribution in [2.45, 2.75) is 53.5 Å². The third-order valence-electron chi connectivity index (χ3n) is 4.07. The zero-order valence-electron chi connectivity index (χ0n) is 13.3. The van der Waals surface area contributed by atoms with Gasteiger partial charge in [0.15, 0.2) is 0 Å². The van der Waals surface area contributed by atoms with Crippen LogP contribution in [0.4, 0.5) is 0 Å². The van der Waals surface area contributed by atoms with Crippen LogP contribution in [0.5, 0.6) is 5.75 Å². The summed E-state index contributed by atoms with van der Waals surface area (Å²) in [6, 6.07) is 4.80. The van der Waals surface area contributed by atoms with Crippen LogP contribution < -0.4 is 10.1 Å². The van der Waals surface area contributed by atoms with E-state index in [2.05, 4.69) is 52.1 Å². The number of aryl methyl sites for hydroxylation is 1. The summed E-state index contributed by atoms with van der Waals surface area (Å²) in [5, 5.41) is 3.68. The molecule has 19 heavy (non-hydrogen) atoms. The molecule has 0 saturated carbocycles. The van der Waals surface area contributed by atoms with Crippen LogP contribution in [-0.4, -0.2) is 13.7 Å². The molecule has 0 fully saturated rings. The Morgan fingerprint density at radius 2 is 1.89 bits per heavy atom. The van der Waals surface area contributed by atoms with Crippen molar-refractivity contribution in [3.8, 4) is 5.75 Å². The van der Waals surface area contributed by atoms with E-state index >= 15 is 0 Å². The Morgan fingerprint density at radius 3 is 2.42 bits per heavy atom. The molecule has 1 rings (SSSR count). The molecule has 1 aromatic carbocycles. The molecule has 0 amide bonds. The van der Waals surface area contributed by atoms with Crippen molar-refractivity contribution in [2.24, 2.45) is 5.92 Å². The minimum Gasteiger partial charge on any atom is -0.496 e. The number of benzene rings is 1. The quantitative estimate of drug-likeness (QED) is 0.787. The summed E-state index contributed by atoms with van der Waals surface area (Å²) in [5.74, 6) is 1.65. The lowest BCUT2D eigenvalue weighted by Gasteiger charge is -2.27. The molecule has 0 aliphatic heterocycles. The Hall–Kier alpha value is -1.02. The van der Waals surface area contributed by atoms with Crippen LogP contribution >= 0.6 is 0 Å². The van der Waals surface area contributed by atoms with E-state index < -0.39 is 0 Å². The van der Waals surface area contributed by atoms with Gasteiger partial charge in [-0.25, -0.2) is 0 Å². The zero-order chi connectivity index (χ0) is 14.4. The van der Waals surface area contributed by atoms with Gasteiger partial charge in [0.1, 0.15) is 5.75 Å². The van der Waals surface area contributed by atoms with Gasteiger partial charge in [-0.2, -0.15) is 0 Å². The van der Waals surface area contributed by atoms with E-state index in [9.17, 15) is 0 Å². The maximum atomic E-state index is 5.67. The fraction of sp³-hybridized carbons (Fsp3) is 0.647. The maximum absolute atomic E-state index is 5.67. The van der Waals surface area contributed by atoms with E-state index in [-0.39, 0.29) is 0 Å². The number of ether oxygens (including phenoxy) is 1. The van der Waals surface area contributed by atoms with Gasteiger partial charge in [0, 0.05) is 11.6 Å². The highest BCUT2D eigenvalue weighted by Crippen LogP contribution is 2.35. The third kappa shape index (κ3) is 3.73. The van der Waals surface area contributed by atoms with Gasteiger partial charge < -0.3 is 10.1 Å². The number of methoxy groups -OCH3 is 1. The average molecular weight is 263 g/mol. The van der Waals surface area contributed by atoms with E-state index in [0.717, 1.165) is 25.1 Å². The highest BCUT2D eigenvalue weighted by atomic mass is 16.5. The summed E-state index contributed by atoms with van der Waals surface area (Å²) < 4.78 is 5.67. The lowest BCUT2D eigenvalue weighted by atomic mass is 9.89. The highest BCUT2D eigenvalue weighted by Gasteiger charge is 2.22. The molecule has 1 aromatic rings. The first-order valence-corrected chi connectivity index (χ1v) is 7.44. The molecular weight excluding hydrogens is 234 g/mol. The molecule has 0 bridgehead atoms. The van der Waals surface area contributed by atoms with Crippen LogP contribution in [-0.2, 0) is 0 Å². The molecule has 0 aliphatic rings. The summed E-state index contributed by atoms with van der Waals surface area (Å²) in [6.07, 6.45) is 2.32. The van der Waals surface area contributed by atoms with Gasteiger partial charge in [-0.3, -0.25) is 0 Å². The summed E-state index contributed by atoms with van der Waals surface area (Å²) in [6.45, 7) is 12.1. The van der Waals surface area contributed by atoms with Crippen LogP contribution in [0.25, 0.3) is 0 Å². The van der Waals surface area contributed by atoms with Crippen LogP contribution in [0, 0.1) is 19.8 Å². The fourth-order valence-electron chi connectivity index (χ4n) is 2.48. The summed E-state index contributed by atoms with van der Waals surface area (Å²) in [5.41, 5.74) is 3.85. The Balaban J connectivity index is 3.17. The van der Waals surface area contributed by atoms with Crippen LogP contribution in [0.15, 0.2) is 12.1 Å². The van der Waals surface area contributed by atoms with E-state index in [0.29, 0.717) is 12.0 Å². The SMILES string of the molecule is CCCNC(c1ccc(C)c(C)c1OC)C(C)CC. The number of rotatable bonds is 7. The van der Waals surface area contributed by atoms with Gasteiger partial charge in [-0.15, -0.1) is 0 Å². The summed E-state index contributed by atoms with van der Waals surface area (Å²) in [4.78, 5) is 0. The molecule has 2 unspecified atom stereocenters. The van der Waals surface area contributed by atoms with Crippen molar-refractivity contribution >= 4 is 0 Å². The molecule has 0 aromatic heterocycles. The maximum Gasteiger partial charge on any atom is 0.126 e. The minimum absolute atomic E-state index is 0.374. The minimum atomic E-state index is 0.374. The lowest BCUT2D eigenvalue weighted by Crippen LogP contribution is -2.28. The zero-order valence-corrected chi connectivity index (χ0v) is 13.3. The van der Waals surface area contributed by atoms with Crippen LogP contribution in [0.1, 0.15) is 56.3 Å². The number of nitrogens with one attached hydrogen (secondary N) is 1. The van der Waals surface area contributed by atoms with Crippen molar-refractivity contribution in [1.82, 2.24) is 5.32 Å². The third-order valence-corrected chi connectivity index (χ3v) is 4.07. The van der Waals surface area contributed by atoms with Crippen molar-refractivity contribution in [2.75, 3.05) is 13.7 Å². The first kappa shape index (κ1) is 16.0. The largest absolute Gasteiger partial charge is 0.496 e. The normalized spacial score (nSPS) is 14.2. The van der Waals surface area contributed by atoms with Gasteiger partial charge in [0.05, 0.1) is 7.11 Å². The van der Waals surface area contributed by atoms with Gasteiger partial charge in [0.25, 0.3) is 0 Å². The van der Waals surface area contributed by atoms with Crippen molar-refractivity contribution in [3.05, 3.63) is 28.8 Å². The smallest absolute Gasteiger partial charge is 0.126 e. The van der Waals surface area contributed by atoms with Gasteiger partial charge >= 0.3 is 0 Å². The van der Waals surface area contributed by atoms with Gasteiger partial charge in [0.2, 0.25) is 0 Å². The topological polar surface area (TPSA) is 21.3 Å². The van der Waals surface area contributed by atoms with Crippen molar-refractivity contribution < 1.29 is 4.74 Å². The Kier molecular flexibility index (Phi) is 6.36. The number of hydrogen-bond donors (Lipinski definition) is 1. The molecular formula is C17H29NO. The second-order valence-corrected chi connectivity index (χ2v) is 5.45. The lowest BCUT2D eigenvalue weighted by molar-refractivity contribution is 0.350. The van der Waals surface area contributed by atoms with Crippen molar-refractivity contribution in [1.29, 1.82) is 0 Å². The van der Waals surface area contributed by atoms with Crippen LogP contribution in [0.2, 0.25) is 0 Å². The molecule has 0 saturated heterocycles. The molecule has 2 atom stereocenters. The standard InChI is InChI=1S/C17H29NO/c1-7-11-18-16(12(3)8-2)15-10-9-13(4)14(5)17(15)19-6/h9-10,12,16,18H,7-8,11H2,1-6H3. The molecule has 2 heteroatoms. The second-order valence-electron chi connectivity index (χ2n) is 5.45. The Bertz CT molecular complexity index is 400. The molecule has 108 valence electrons. The van der Waals surface area contributed by atoms with Crippen molar-refractivity contribution in [3.63, 3.8) is 0 Å². The molecule has 1 N–H and O–H groups in total. The van der Waals surface area contributed by atoms with E-state index in [1.54, 1.807) is 7.11 Å². The number of hydrogen-bond acceptors (Lipinski definition) is 2. The van der Waals surface area contributed by atoms with Gasteiger partial charge in [-0.05, 0) is 43.9 Å². The average Bonchev–Trinajstić information content (AvgIpc) is 2.42. The summed E-state index contributed by atoms with van der Waals surface area (Å²) in [7, 11) is 1.78. The summed E-state index contributed by atoms with van der Waals surface area (Å²) >= 11 is 0. The molecule has 2 nitrogen and oxygen atoms in total. The Morgan fingerprint density at radius 1 is 1.21 bits per heavy atom. The van der Waals surface area contributed by atoms with Crippen LogP contribution in [0.3, 0.4) is 0 Å². The van der Waals surface area contributed by atoms with Gasteiger partial charge in [-0.1, -0.05) is 39.3 Å². The van der Waals surface area contributed by atoms with E-state index in [1.807, 2.05) is 0 Å². The fourth-order valence-corrected chi connectivity index (χ4v) is 2.48. The molecule has 0 spiro atoms. The Labute approximate surface area is 118 Å². The van der Waals surface area contributed by atoms with E-state index in [1.165, 1.54) is 16.7 Å². The first-order chi connectivity index (χ1) is 9.06. The molecule has 0 heterocycles. The molecule has 0 aliphatic carbocycles. The highest BCUT2D eigenvalue weighted by molar-refractivity contribution is 5.47. The second kappa shape index (κ2) is 7.54. The molecule has 0 radical (unpaired) electrons. The predicted octanol–water partition coefficient (Wildman–Crippen LogP) is 4.40. The van der Waals surface area contributed by atoms with E-state index in [4.69, 9.17) is 4.74 Å². The predicted molar refractivity (Wildman–Crippen MR) is 83.0 cm³/mol.